The van der Waals surface area contributed by atoms with Crippen LogP contribution in [0.3, 0.4) is 0 Å². The van der Waals surface area contributed by atoms with Crippen molar-refractivity contribution in [3.8, 4) is 17.0 Å². The molecule has 3 aromatic rings. The van der Waals surface area contributed by atoms with Crippen LogP contribution in [0, 0.1) is 5.82 Å². The highest BCUT2D eigenvalue weighted by Gasteiger charge is 2.10. The Bertz CT molecular complexity index is 869. The van der Waals surface area contributed by atoms with Crippen LogP contribution >= 0.6 is 22.9 Å². The molecule has 0 atom stereocenters. The molecule has 0 fully saturated rings. The van der Waals surface area contributed by atoms with Gasteiger partial charge in [-0.2, -0.15) is 0 Å². The average molecular weight is 363 g/mol. The van der Waals surface area contributed by atoms with Gasteiger partial charge in [0.1, 0.15) is 11.6 Å². The molecule has 0 aliphatic rings. The van der Waals surface area contributed by atoms with Crippen LogP contribution in [0.5, 0.6) is 5.75 Å². The second-order valence-corrected chi connectivity index (χ2v) is 6.08. The molecular weight excluding hydrogens is 351 g/mol. The van der Waals surface area contributed by atoms with Crippen molar-refractivity contribution in [1.29, 1.82) is 0 Å². The Kier molecular flexibility index (Phi) is 5.08. The molecule has 0 saturated carbocycles. The maximum absolute atomic E-state index is 13.0. The first kappa shape index (κ1) is 16.4. The first-order chi connectivity index (χ1) is 11.6. The molecular formula is C17H12ClFN2O2S. The van der Waals surface area contributed by atoms with Crippen LogP contribution in [0.2, 0.25) is 5.02 Å². The fourth-order valence-corrected chi connectivity index (χ4v) is 2.94. The number of benzene rings is 2. The summed E-state index contributed by atoms with van der Waals surface area (Å²) in [6, 6.07) is 13.0. The molecule has 0 saturated heterocycles. The molecule has 24 heavy (non-hydrogen) atoms. The van der Waals surface area contributed by atoms with E-state index in [1.54, 1.807) is 12.1 Å². The van der Waals surface area contributed by atoms with Crippen LogP contribution < -0.4 is 10.1 Å². The lowest BCUT2D eigenvalue weighted by Gasteiger charge is -2.05. The molecule has 1 amide bonds. The van der Waals surface area contributed by atoms with Gasteiger partial charge in [0.2, 0.25) is 0 Å². The number of anilines is 1. The quantitative estimate of drug-likeness (QED) is 0.720. The smallest absolute Gasteiger partial charge is 0.264 e. The van der Waals surface area contributed by atoms with Gasteiger partial charge in [0.25, 0.3) is 5.91 Å². The van der Waals surface area contributed by atoms with Gasteiger partial charge in [-0.25, -0.2) is 9.37 Å². The van der Waals surface area contributed by atoms with Crippen molar-refractivity contribution in [2.45, 2.75) is 0 Å². The highest BCUT2D eigenvalue weighted by Crippen LogP contribution is 2.30. The lowest BCUT2D eigenvalue weighted by molar-refractivity contribution is -0.118. The summed E-state index contributed by atoms with van der Waals surface area (Å²) in [4.78, 5) is 16.2. The molecule has 3 rings (SSSR count). The zero-order chi connectivity index (χ0) is 16.9. The van der Waals surface area contributed by atoms with Crippen LogP contribution in [0.15, 0.2) is 53.9 Å². The number of thiazole rings is 1. The minimum atomic E-state index is -0.419. The van der Waals surface area contributed by atoms with Gasteiger partial charge < -0.3 is 4.74 Å². The predicted molar refractivity (Wildman–Crippen MR) is 93.1 cm³/mol. The average Bonchev–Trinajstić information content (AvgIpc) is 3.02. The van der Waals surface area contributed by atoms with Crippen molar-refractivity contribution in [2.75, 3.05) is 11.9 Å². The van der Waals surface area contributed by atoms with E-state index in [4.69, 9.17) is 16.3 Å². The number of nitrogens with one attached hydrogen (secondary N) is 1. The van der Waals surface area contributed by atoms with Gasteiger partial charge in [-0.05, 0) is 18.2 Å². The number of ether oxygens (including phenoxy) is 1. The number of amides is 1. The highest BCUT2D eigenvalue weighted by atomic mass is 35.5. The van der Waals surface area contributed by atoms with E-state index in [1.165, 1.54) is 29.5 Å². The third-order valence-corrected chi connectivity index (χ3v) is 4.15. The number of hydrogen-bond donors (Lipinski definition) is 1. The summed E-state index contributed by atoms with van der Waals surface area (Å²) in [5.74, 6) is -0.502. The van der Waals surface area contributed by atoms with E-state index in [0.717, 1.165) is 5.56 Å². The van der Waals surface area contributed by atoms with Crippen LogP contribution in [-0.2, 0) is 4.79 Å². The van der Waals surface area contributed by atoms with Gasteiger partial charge in [0, 0.05) is 22.0 Å². The zero-order valence-corrected chi connectivity index (χ0v) is 13.9. The maximum atomic E-state index is 13.0. The SMILES string of the molecule is O=C(COc1cccc(F)c1)Nc1nc(-c2ccccc2Cl)cs1. The van der Waals surface area contributed by atoms with E-state index in [2.05, 4.69) is 10.3 Å². The van der Waals surface area contributed by atoms with Crippen molar-refractivity contribution < 1.29 is 13.9 Å². The highest BCUT2D eigenvalue weighted by molar-refractivity contribution is 7.14. The molecule has 0 unspecified atom stereocenters. The van der Waals surface area contributed by atoms with Gasteiger partial charge in [0.05, 0.1) is 5.69 Å². The Morgan fingerprint density at radius 3 is 2.88 bits per heavy atom. The van der Waals surface area contributed by atoms with E-state index in [-0.39, 0.29) is 12.5 Å². The number of nitrogens with zero attached hydrogens (tertiary/aromatic N) is 1. The summed E-state index contributed by atoms with van der Waals surface area (Å²) in [6.45, 7) is -0.232. The van der Waals surface area contributed by atoms with Crippen LogP contribution in [0.1, 0.15) is 0 Å². The number of carbonyl (C=O) groups is 1. The number of carbonyl (C=O) groups excluding carboxylic acids is 1. The molecule has 4 nitrogen and oxygen atoms in total. The summed E-state index contributed by atoms with van der Waals surface area (Å²) in [6.07, 6.45) is 0. The lowest BCUT2D eigenvalue weighted by atomic mass is 10.2. The van der Waals surface area contributed by atoms with E-state index < -0.39 is 5.82 Å². The van der Waals surface area contributed by atoms with E-state index in [0.29, 0.717) is 21.6 Å². The van der Waals surface area contributed by atoms with Crippen molar-refractivity contribution >= 4 is 34.0 Å². The summed E-state index contributed by atoms with van der Waals surface area (Å²) >= 11 is 7.42. The minimum Gasteiger partial charge on any atom is -0.484 e. The zero-order valence-electron chi connectivity index (χ0n) is 12.3. The van der Waals surface area contributed by atoms with Gasteiger partial charge in [-0.3, -0.25) is 10.1 Å². The largest absolute Gasteiger partial charge is 0.484 e. The van der Waals surface area contributed by atoms with Crippen molar-refractivity contribution in [2.24, 2.45) is 0 Å². The molecule has 0 bridgehead atoms. The van der Waals surface area contributed by atoms with Crippen molar-refractivity contribution in [1.82, 2.24) is 4.98 Å². The molecule has 0 aliphatic carbocycles. The van der Waals surface area contributed by atoms with E-state index >= 15 is 0 Å². The van der Waals surface area contributed by atoms with E-state index in [1.807, 2.05) is 23.6 Å². The first-order valence-electron chi connectivity index (χ1n) is 7.00. The minimum absolute atomic E-state index is 0.232. The fourth-order valence-electron chi connectivity index (χ4n) is 1.98. The van der Waals surface area contributed by atoms with Gasteiger partial charge in [0.15, 0.2) is 11.7 Å². The normalized spacial score (nSPS) is 10.4. The Morgan fingerprint density at radius 1 is 1.25 bits per heavy atom. The first-order valence-corrected chi connectivity index (χ1v) is 8.26. The lowest BCUT2D eigenvalue weighted by Crippen LogP contribution is -2.20. The third kappa shape index (κ3) is 4.10. The standard InChI is InChI=1S/C17H12ClFN2O2S/c18-14-7-2-1-6-13(14)15-10-24-17(20-15)21-16(22)9-23-12-5-3-4-11(19)8-12/h1-8,10H,9H2,(H,20,21,22). The summed E-state index contributed by atoms with van der Waals surface area (Å²) in [5.41, 5.74) is 1.49. The maximum Gasteiger partial charge on any atom is 0.264 e. The molecule has 0 radical (unpaired) electrons. The topological polar surface area (TPSA) is 51.2 Å². The Balaban J connectivity index is 1.60. The van der Waals surface area contributed by atoms with Crippen LogP contribution in [0.25, 0.3) is 11.3 Å². The molecule has 1 heterocycles. The van der Waals surface area contributed by atoms with E-state index in [9.17, 15) is 9.18 Å². The van der Waals surface area contributed by atoms with Crippen molar-refractivity contribution in [3.63, 3.8) is 0 Å². The summed E-state index contributed by atoms with van der Waals surface area (Å²) in [7, 11) is 0. The summed E-state index contributed by atoms with van der Waals surface area (Å²) < 4.78 is 18.3. The summed E-state index contributed by atoms with van der Waals surface area (Å²) in [5, 5.41) is 5.49. The number of aromatic nitrogens is 1. The van der Waals surface area contributed by atoms with Gasteiger partial charge in [-0.1, -0.05) is 35.9 Å². The molecule has 1 N–H and O–H groups in total. The van der Waals surface area contributed by atoms with Crippen LogP contribution in [-0.4, -0.2) is 17.5 Å². The molecule has 122 valence electrons. The van der Waals surface area contributed by atoms with Gasteiger partial charge >= 0.3 is 0 Å². The van der Waals surface area contributed by atoms with Crippen LogP contribution in [0.4, 0.5) is 9.52 Å². The Labute approximate surface area is 146 Å². The molecule has 1 aromatic heterocycles. The Morgan fingerprint density at radius 2 is 2.08 bits per heavy atom. The number of halogens is 2. The second-order valence-electron chi connectivity index (χ2n) is 4.81. The molecule has 7 heteroatoms. The molecule has 2 aromatic carbocycles. The Hall–Kier alpha value is -2.44. The van der Waals surface area contributed by atoms with Gasteiger partial charge in [-0.15, -0.1) is 11.3 Å². The number of hydrogen-bond acceptors (Lipinski definition) is 4. The monoisotopic (exact) mass is 362 g/mol. The molecule has 0 aliphatic heterocycles. The fraction of sp³-hybridized carbons (Fsp3) is 0.0588. The second kappa shape index (κ2) is 7.42. The molecule has 0 spiro atoms. The van der Waals surface area contributed by atoms with Crippen molar-refractivity contribution in [3.05, 3.63) is 64.8 Å². The third-order valence-electron chi connectivity index (χ3n) is 3.07. The number of rotatable bonds is 5. The predicted octanol–water partition coefficient (Wildman–Crippen LogP) is 4.62.